The normalized spacial score (nSPS) is 14.6. The third-order valence-corrected chi connectivity index (χ3v) is 5.12. The maximum atomic E-state index is 12.4. The average molecular weight is 370 g/mol. The Bertz CT molecular complexity index is 740. The Morgan fingerprint density at radius 1 is 1.30 bits per heavy atom. The summed E-state index contributed by atoms with van der Waals surface area (Å²) in [6.07, 6.45) is 5.07. The van der Waals surface area contributed by atoms with Gasteiger partial charge in [0.15, 0.2) is 0 Å². The van der Waals surface area contributed by atoms with Gasteiger partial charge in [-0.05, 0) is 31.7 Å². The van der Waals surface area contributed by atoms with Crippen LogP contribution in [-0.4, -0.2) is 28.3 Å². The first kappa shape index (κ1) is 19.6. The summed E-state index contributed by atoms with van der Waals surface area (Å²) in [5, 5.41) is 7.89. The van der Waals surface area contributed by atoms with Crippen LogP contribution in [0.3, 0.4) is 0 Å². The molecular weight excluding hydrogens is 338 g/mol. The second-order valence-corrected chi connectivity index (χ2v) is 7.39. The van der Waals surface area contributed by atoms with Crippen molar-refractivity contribution in [3.8, 4) is 0 Å². The lowest BCUT2D eigenvalue weighted by atomic mass is 10.0. The van der Waals surface area contributed by atoms with Gasteiger partial charge in [-0.2, -0.15) is 5.10 Å². The van der Waals surface area contributed by atoms with Crippen molar-refractivity contribution in [3.05, 3.63) is 52.8 Å². The molecule has 1 atom stereocenters. The second-order valence-electron chi connectivity index (χ2n) is 7.39. The molecule has 1 aliphatic rings. The number of hydrogen-bond acceptors (Lipinski definition) is 3. The average Bonchev–Trinajstić information content (AvgIpc) is 3.04. The summed E-state index contributed by atoms with van der Waals surface area (Å²) in [6, 6.07) is 10.6. The largest absolute Gasteiger partial charge is 0.376 e. The third-order valence-electron chi connectivity index (χ3n) is 5.12. The first-order chi connectivity index (χ1) is 13.2. The molecule has 1 aliphatic heterocycles. The molecule has 2 aromatic rings. The maximum Gasteiger partial charge on any atom is 0.220 e. The lowest BCUT2D eigenvalue weighted by Gasteiger charge is -2.15. The second kappa shape index (κ2) is 9.70. The molecule has 0 saturated heterocycles. The van der Waals surface area contributed by atoms with Crippen LogP contribution in [0.15, 0.2) is 30.3 Å². The van der Waals surface area contributed by atoms with Gasteiger partial charge in [-0.3, -0.25) is 9.48 Å². The van der Waals surface area contributed by atoms with Crippen molar-refractivity contribution < 1.29 is 9.53 Å². The summed E-state index contributed by atoms with van der Waals surface area (Å²) in [5.41, 5.74) is 4.85. The molecule has 5 nitrogen and oxygen atoms in total. The Labute approximate surface area is 162 Å². The summed E-state index contributed by atoms with van der Waals surface area (Å²) in [4.78, 5) is 12.4. The van der Waals surface area contributed by atoms with Gasteiger partial charge in [-0.25, -0.2) is 0 Å². The van der Waals surface area contributed by atoms with E-state index in [1.54, 1.807) is 0 Å². The highest BCUT2D eigenvalue weighted by atomic mass is 16.5. The van der Waals surface area contributed by atoms with Gasteiger partial charge in [0.2, 0.25) is 5.91 Å². The number of nitrogens with zero attached hydrogens (tertiary/aromatic N) is 2. The van der Waals surface area contributed by atoms with Crippen LogP contribution < -0.4 is 5.32 Å². The molecule has 0 spiro atoms. The topological polar surface area (TPSA) is 56.2 Å². The molecule has 1 unspecified atom stereocenters. The summed E-state index contributed by atoms with van der Waals surface area (Å²) in [5.74, 6) is 0.103. The van der Waals surface area contributed by atoms with Gasteiger partial charge >= 0.3 is 0 Å². The first-order valence-corrected chi connectivity index (χ1v) is 10.2. The van der Waals surface area contributed by atoms with Gasteiger partial charge in [0.05, 0.1) is 18.9 Å². The van der Waals surface area contributed by atoms with E-state index in [1.807, 2.05) is 6.07 Å². The maximum absolute atomic E-state index is 12.4. The van der Waals surface area contributed by atoms with E-state index in [1.165, 1.54) is 16.8 Å². The number of benzene rings is 1. The smallest absolute Gasteiger partial charge is 0.220 e. The Hall–Kier alpha value is -2.14. The predicted molar refractivity (Wildman–Crippen MR) is 107 cm³/mol. The van der Waals surface area contributed by atoms with Gasteiger partial charge < -0.3 is 10.1 Å². The van der Waals surface area contributed by atoms with Gasteiger partial charge in [0, 0.05) is 43.1 Å². The van der Waals surface area contributed by atoms with Crippen molar-refractivity contribution in [1.29, 1.82) is 0 Å². The molecule has 0 radical (unpaired) electrons. The van der Waals surface area contributed by atoms with E-state index in [0.717, 1.165) is 44.5 Å². The minimum Gasteiger partial charge on any atom is -0.376 e. The fourth-order valence-corrected chi connectivity index (χ4v) is 3.65. The molecule has 3 rings (SSSR count). The summed E-state index contributed by atoms with van der Waals surface area (Å²) in [6.45, 7) is 6.57. The lowest BCUT2D eigenvalue weighted by molar-refractivity contribution is -0.121. The van der Waals surface area contributed by atoms with E-state index in [9.17, 15) is 4.79 Å². The monoisotopic (exact) mass is 369 g/mol. The van der Waals surface area contributed by atoms with Crippen LogP contribution in [0.25, 0.3) is 0 Å². The number of aryl methyl sites for hydroxylation is 3. The number of ether oxygens (including phenoxy) is 1. The predicted octanol–water partition coefficient (Wildman–Crippen LogP) is 3.44. The highest BCUT2D eigenvalue weighted by Gasteiger charge is 2.21. The van der Waals surface area contributed by atoms with Crippen LogP contribution >= 0.6 is 0 Å². The number of carbonyl (C=O) groups is 1. The molecule has 0 fully saturated rings. The SMILES string of the molecule is CCCn1nc(CCC(=O)NC(C)CCc2ccccc2)c2c1CCOC2. The number of rotatable bonds is 9. The molecule has 0 aliphatic carbocycles. The van der Waals surface area contributed by atoms with Crippen LogP contribution in [0.1, 0.15) is 55.6 Å². The molecule has 0 saturated carbocycles. The van der Waals surface area contributed by atoms with E-state index in [4.69, 9.17) is 9.84 Å². The minimum atomic E-state index is 0.103. The zero-order valence-electron chi connectivity index (χ0n) is 16.5. The number of fused-ring (bicyclic) bond motifs is 1. The van der Waals surface area contributed by atoms with Crippen molar-refractivity contribution in [2.75, 3.05) is 6.61 Å². The van der Waals surface area contributed by atoms with Crippen LogP contribution in [0.4, 0.5) is 0 Å². The van der Waals surface area contributed by atoms with Gasteiger partial charge in [-0.15, -0.1) is 0 Å². The minimum absolute atomic E-state index is 0.103. The highest BCUT2D eigenvalue weighted by molar-refractivity contribution is 5.76. The van der Waals surface area contributed by atoms with E-state index in [0.29, 0.717) is 19.4 Å². The summed E-state index contributed by atoms with van der Waals surface area (Å²) < 4.78 is 7.74. The van der Waals surface area contributed by atoms with Crippen molar-refractivity contribution in [1.82, 2.24) is 15.1 Å². The van der Waals surface area contributed by atoms with E-state index < -0.39 is 0 Å². The zero-order valence-corrected chi connectivity index (χ0v) is 16.5. The standard InChI is InChI=1S/C22H31N3O2/c1-3-14-25-21-13-15-27-16-19(21)20(24-25)11-12-22(26)23-17(2)9-10-18-7-5-4-6-8-18/h4-8,17H,3,9-16H2,1-2H3,(H,23,26). The molecular formula is C22H31N3O2. The number of nitrogens with one attached hydrogen (secondary N) is 1. The van der Waals surface area contributed by atoms with Crippen LogP contribution in [0, 0.1) is 0 Å². The van der Waals surface area contributed by atoms with Crippen molar-refractivity contribution >= 4 is 5.91 Å². The van der Waals surface area contributed by atoms with Crippen molar-refractivity contribution in [2.24, 2.45) is 0 Å². The van der Waals surface area contributed by atoms with Crippen molar-refractivity contribution in [3.63, 3.8) is 0 Å². The van der Waals surface area contributed by atoms with Gasteiger partial charge in [-0.1, -0.05) is 37.3 Å². The van der Waals surface area contributed by atoms with Gasteiger partial charge in [0.1, 0.15) is 0 Å². The quantitative estimate of drug-likeness (QED) is 0.737. The zero-order chi connectivity index (χ0) is 19.1. The Balaban J connectivity index is 1.49. The molecule has 5 heteroatoms. The Morgan fingerprint density at radius 2 is 2.11 bits per heavy atom. The van der Waals surface area contributed by atoms with Crippen LogP contribution in [0.5, 0.6) is 0 Å². The molecule has 2 heterocycles. The third kappa shape index (κ3) is 5.42. The Morgan fingerprint density at radius 3 is 2.89 bits per heavy atom. The molecule has 1 amide bonds. The number of carbonyl (C=O) groups excluding carboxylic acids is 1. The number of amides is 1. The van der Waals surface area contributed by atoms with E-state index in [-0.39, 0.29) is 11.9 Å². The fourth-order valence-electron chi connectivity index (χ4n) is 3.65. The molecule has 1 N–H and O–H groups in total. The highest BCUT2D eigenvalue weighted by Crippen LogP contribution is 2.22. The summed E-state index contributed by atoms with van der Waals surface area (Å²) >= 11 is 0. The molecule has 146 valence electrons. The Kier molecular flexibility index (Phi) is 7.04. The molecule has 0 bridgehead atoms. The van der Waals surface area contributed by atoms with Gasteiger partial charge in [0.25, 0.3) is 0 Å². The van der Waals surface area contributed by atoms with E-state index >= 15 is 0 Å². The number of hydrogen-bond donors (Lipinski definition) is 1. The molecule has 1 aromatic carbocycles. The van der Waals surface area contributed by atoms with Crippen molar-refractivity contribution in [2.45, 2.75) is 71.6 Å². The lowest BCUT2D eigenvalue weighted by Crippen LogP contribution is -2.33. The molecule has 1 aromatic heterocycles. The van der Waals surface area contributed by atoms with Crippen LogP contribution in [0.2, 0.25) is 0 Å². The van der Waals surface area contributed by atoms with Crippen LogP contribution in [-0.2, 0) is 41.9 Å². The first-order valence-electron chi connectivity index (χ1n) is 10.2. The van der Waals surface area contributed by atoms with E-state index in [2.05, 4.69) is 48.1 Å². The molecule has 27 heavy (non-hydrogen) atoms. The number of aromatic nitrogens is 2. The fraction of sp³-hybridized carbons (Fsp3) is 0.545. The summed E-state index contributed by atoms with van der Waals surface area (Å²) in [7, 11) is 0.